The number of piperidine rings is 1. The standard InChI is InChI=1S/C10H17N3/c1-2-13-5-3-9(4-6-13)10-7-11-8-12-10/h7-9H,2-6H2,1H3,(H,11,12). The van der Waals surface area contributed by atoms with Crippen molar-refractivity contribution in [1.29, 1.82) is 0 Å². The molecule has 1 aromatic rings. The average Bonchev–Trinajstić information content (AvgIpc) is 2.71. The first kappa shape index (κ1) is 8.75. The Morgan fingerprint density at radius 2 is 2.31 bits per heavy atom. The zero-order valence-corrected chi connectivity index (χ0v) is 8.16. The molecule has 0 radical (unpaired) electrons. The first-order chi connectivity index (χ1) is 6.40. The molecule has 0 aliphatic carbocycles. The van der Waals surface area contributed by atoms with E-state index in [0.717, 1.165) is 0 Å². The predicted octanol–water partition coefficient (Wildman–Crippen LogP) is 1.61. The molecule has 2 heterocycles. The van der Waals surface area contributed by atoms with Gasteiger partial charge in [-0.1, -0.05) is 6.92 Å². The van der Waals surface area contributed by atoms with Crippen LogP contribution < -0.4 is 0 Å². The number of rotatable bonds is 2. The third-order valence-electron chi connectivity index (χ3n) is 2.99. The van der Waals surface area contributed by atoms with Crippen molar-refractivity contribution in [2.75, 3.05) is 19.6 Å². The summed E-state index contributed by atoms with van der Waals surface area (Å²) in [6, 6.07) is 0. The molecule has 1 aromatic heterocycles. The molecule has 2 rings (SSSR count). The van der Waals surface area contributed by atoms with E-state index < -0.39 is 0 Å². The zero-order valence-electron chi connectivity index (χ0n) is 8.16. The number of hydrogen-bond acceptors (Lipinski definition) is 2. The van der Waals surface area contributed by atoms with Crippen LogP contribution in [0.15, 0.2) is 12.5 Å². The molecule has 0 amide bonds. The van der Waals surface area contributed by atoms with E-state index in [4.69, 9.17) is 0 Å². The Labute approximate surface area is 79.2 Å². The Morgan fingerprint density at radius 1 is 1.54 bits per heavy atom. The second kappa shape index (κ2) is 3.92. The minimum absolute atomic E-state index is 0.713. The fraction of sp³-hybridized carbons (Fsp3) is 0.700. The number of likely N-dealkylation sites (tertiary alicyclic amines) is 1. The van der Waals surface area contributed by atoms with Gasteiger partial charge in [0.15, 0.2) is 0 Å². The molecule has 0 spiro atoms. The van der Waals surface area contributed by atoms with E-state index in [1.54, 1.807) is 6.33 Å². The average molecular weight is 179 g/mol. The molecule has 0 atom stereocenters. The SMILES string of the molecule is CCN1CCC(c2cnc[nH]2)CC1. The van der Waals surface area contributed by atoms with Crippen LogP contribution in [0.3, 0.4) is 0 Å². The zero-order chi connectivity index (χ0) is 9.10. The first-order valence-electron chi connectivity index (χ1n) is 5.10. The number of aromatic amines is 1. The van der Waals surface area contributed by atoms with Gasteiger partial charge in [-0.3, -0.25) is 0 Å². The molecule has 0 aromatic carbocycles. The Bertz CT molecular complexity index is 235. The number of H-pyrrole nitrogens is 1. The van der Waals surface area contributed by atoms with Crippen LogP contribution in [0.5, 0.6) is 0 Å². The maximum atomic E-state index is 4.07. The Morgan fingerprint density at radius 3 is 2.85 bits per heavy atom. The van der Waals surface area contributed by atoms with Gasteiger partial charge in [-0.15, -0.1) is 0 Å². The van der Waals surface area contributed by atoms with Gasteiger partial charge in [-0.25, -0.2) is 4.98 Å². The van der Waals surface area contributed by atoms with E-state index in [-0.39, 0.29) is 0 Å². The minimum Gasteiger partial charge on any atom is -0.348 e. The van der Waals surface area contributed by atoms with Crippen molar-refractivity contribution in [2.45, 2.75) is 25.7 Å². The quantitative estimate of drug-likeness (QED) is 0.748. The molecule has 1 saturated heterocycles. The molecule has 0 bridgehead atoms. The van der Waals surface area contributed by atoms with E-state index in [9.17, 15) is 0 Å². The number of nitrogens with zero attached hydrogens (tertiary/aromatic N) is 2. The first-order valence-corrected chi connectivity index (χ1v) is 5.10. The lowest BCUT2D eigenvalue weighted by atomic mass is 9.94. The Hall–Kier alpha value is -0.830. The summed E-state index contributed by atoms with van der Waals surface area (Å²) in [5.74, 6) is 0.713. The van der Waals surface area contributed by atoms with Crippen molar-refractivity contribution in [1.82, 2.24) is 14.9 Å². The maximum absolute atomic E-state index is 4.07. The molecule has 3 nitrogen and oxygen atoms in total. The van der Waals surface area contributed by atoms with Crippen LogP contribution in [0, 0.1) is 0 Å². The summed E-state index contributed by atoms with van der Waals surface area (Å²) in [4.78, 5) is 9.78. The molecule has 72 valence electrons. The summed E-state index contributed by atoms with van der Waals surface area (Å²) in [6.45, 7) is 5.90. The van der Waals surface area contributed by atoms with E-state index >= 15 is 0 Å². The van der Waals surface area contributed by atoms with E-state index in [0.29, 0.717) is 5.92 Å². The summed E-state index contributed by atoms with van der Waals surface area (Å²) in [5, 5.41) is 0. The third-order valence-corrected chi connectivity index (χ3v) is 2.99. The predicted molar refractivity (Wildman–Crippen MR) is 52.7 cm³/mol. The van der Waals surface area contributed by atoms with E-state index in [1.807, 2.05) is 6.20 Å². The number of nitrogens with one attached hydrogen (secondary N) is 1. The largest absolute Gasteiger partial charge is 0.348 e. The van der Waals surface area contributed by atoms with Crippen molar-refractivity contribution in [3.63, 3.8) is 0 Å². The van der Waals surface area contributed by atoms with Crippen molar-refractivity contribution in [2.24, 2.45) is 0 Å². The summed E-state index contributed by atoms with van der Waals surface area (Å²) >= 11 is 0. The fourth-order valence-corrected chi connectivity index (χ4v) is 2.05. The van der Waals surface area contributed by atoms with Crippen molar-refractivity contribution in [3.8, 4) is 0 Å². The normalized spacial score (nSPS) is 20.7. The Balaban J connectivity index is 1.92. The fourth-order valence-electron chi connectivity index (χ4n) is 2.05. The van der Waals surface area contributed by atoms with E-state index in [2.05, 4.69) is 21.8 Å². The van der Waals surface area contributed by atoms with Crippen molar-refractivity contribution < 1.29 is 0 Å². The Kier molecular flexibility index (Phi) is 2.64. The molecule has 13 heavy (non-hydrogen) atoms. The molecule has 1 aliphatic heterocycles. The summed E-state index contributed by atoms with van der Waals surface area (Å²) < 4.78 is 0. The van der Waals surface area contributed by atoms with Gasteiger partial charge in [0.1, 0.15) is 0 Å². The van der Waals surface area contributed by atoms with Gasteiger partial charge in [0.05, 0.1) is 6.33 Å². The summed E-state index contributed by atoms with van der Waals surface area (Å²) in [6.07, 6.45) is 6.29. The maximum Gasteiger partial charge on any atom is 0.0921 e. The van der Waals surface area contributed by atoms with Gasteiger partial charge in [-0.05, 0) is 32.5 Å². The molecular weight excluding hydrogens is 162 g/mol. The summed E-state index contributed by atoms with van der Waals surface area (Å²) in [5.41, 5.74) is 1.32. The van der Waals surface area contributed by atoms with Crippen LogP contribution in [0.25, 0.3) is 0 Å². The highest BCUT2D eigenvalue weighted by molar-refractivity contribution is 5.04. The van der Waals surface area contributed by atoms with Gasteiger partial charge in [-0.2, -0.15) is 0 Å². The highest BCUT2D eigenvalue weighted by Gasteiger charge is 2.19. The lowest BCUT2D eigenvalue weighted by Gasteiger charge is -2.30. The van der Waals surface area contributed by atoms with Gasteiger partial charge < -0.3 is 9.88 Å². The van der Waals surface area contributed by atoms with Crippen LogP contribution >= 0.6 is 0 Å². The highest BCUT2D eigenvalue weighted by atomic mass is 15.1. The number of aromatic nitrogens is 2. The molecule has 3 heteroatoms. The van der Waals surface area contributed by atoms with Gasteiger partial charge in [0.2, 0.25) is 0 Å². The monoisotopic (exact) mass is 179 g/mol. The molecule has 1 aliphatic rings. The van der Waals surface area contributed by atoms with Crippen molar-refractivity contribution >= 4 is 0 Å². The van der Waals surface area contributed by atoms with Gasteiger partial charge >= 0.3 is 0 Å². The molecule has 0 unspecified atom stereocenters. The topological polar surface area (TPSA) is 31.9 Å². The lowest BCUT2D eigenvalue weighted by molar-refractivity contribution is 0.221. The van der Waals surface area contributed by atoms with Gasteiger partial charge in [0.25, 0.3) is 0 Å². The smallest absolute Gasteiger partial charge is 0.0921 e. The van der Waals surface area contributed by atoms with Crippen LogP contribution in [0.1, 0.15) is 31.4 Å². The minimum atomic E-state index is 0.713. The summed E-state index contributed by atoms with van der Waals surface area (Å²) in [7, 11) is 0. The molecular formula is C10H17N3. The molecule has 1 fully saturated rings. The van der Waals surface area contributed by atoms with Crippen LogP contribution in [0.2, 0.25) is 0 Å². The highest BCUT2D eigenvalue weighted by Crippen LogP contribution is 2.25. The van der Waals surface area contributed by atoms with Crippen LogP contribution in [0.4, 0.5) is 0 Å². The van der Waals surface area contributed by atoms with Crippen LogP contribution in [-0.2, 0) is 0 Å². The number of hydrogen-bond donors (Lipinski definition) is 1. The van der Waals surface area contributed by atoms with Crippen LogP contribution in [-0.4, -0.2) is 34.5 Å². The van der Waals surface area contributed by atoms with E-state index in [1.165, 1.54) is 38.2 Å². The third kappa shape index (κ3) is 1.91. The number of imidazole rings is 1. The van der Waals surface area contributed by atoms with Crippen molar-refractivity contribution in [3.05, 3.63) is 18.2 Å². The second-order valence-corrected chi connectivity index (χ2v) is 3.72. The molecule has 0 saturated carbocycles. The van der Waals surface area contributed by atoms with Gasteiger partial charge in [0, 0.05) is 17.8 Å². The lowest BCUT2D eigenvalue weighted by Crippen LogP contribution is -2.32. The second-order valence-electron chi connectivity index (χ2n) is 3.72. The molecule has 1 N–H and O–H groups in total.